The molecule has 4 aromatic carbocycles. The fourth-order valence-corrected chi connectivity index (χ4v) is 5.43. The van der Waals surface area contributed by atoms with Gasteiger partial charge in [0.05, 0.1) is 19.3 Å². The van der Waals surface area contributed by atoms with Crippen molar-refractivity contribution in [3.05, 3.63) is 114 Å². The van der Waals surface area contributed by atoms with Crippen LogP contribution in [0.2, 0.25) is 5.02 Å². The second-order valence-electron chi connectivity index (χ2n) is 8.01. The Kier molecular flexibility index (Phi) is 8.45. The van der Waals surface area contributed by atoms with Crippen molar-refractivity contribution in [3.63, 3.8) is 0 Å². The van der Waals surface area contributed by atoms with Crippen LogP contribution in [0.3, 0.4) is 0 Å². The van der Waals surface area contributed by atoms with Crippen molar-refractivity contribution >= 4 is 33.2 Å². The van der Waals surface area contributed by atoms with Gasteiger partial charge in [-0.1, -0.05) is 72.3 Å². The topological polar surface area (TPSA) is 84.9 Å². The highest BCUT2D eigenvalue weighted by molar-refractivity contribution is 7.89. The van der Waals surface area contributed by atoms with Gasteiger partial charge in [-0.2, -0.15) is 4.31 Å². The van der Waals surface area contributed by atoms with Crippen LogP contribution in [0, 0.1) is 0 Å². The Bertz CT molecular complexity index is 1460. The van der Waals surface area contributed by atoms with Crippen molar-refractivity contribution < 1.29 is 22.7 Å². The lowest BCUT2D eigenvalue weighted by Gasteiger charge is -2.23. The van der Waals surface area contributed by atoms with E-state index in [2.05, 4.69) is 5.32 Å². The molecule has 0 heterocycles. The fraction of sp³-hybridized carbons (Fsp3) is 0.107. The molecular formula is C28H25ClN2O5S. The molecule has 0 radical (unpaired) electrons. The van der Waals surface area contributed by atoms with Gasteiger partial charge in [-0.25, -0.2) is 8.42 Å². The number of amides is 1. The van der Waals surface area contributed by atoms with E-state index in [0.29, 0.717) is 22.7 Å². The predicted octanol–water partition coefficient (Wildman–Crippen LogP) is 5.97. The number of nitrogens with zero attached hydrogens (tertiary/aromatic N) is 1. The van der Waals surface area contributed by atoms with Crippen molar-refractivity contribution in [1.82, 2.24) is 4.31 Å². The number of halogens is 1. The van der Waals surface area contributed by atoms with E-state index in [1.807, 2.05) is 24.3 Å². The zero-order valence-electron chi connectivity index (χ0n) is 20.0. The number of benzene rings is 4. The highest BCUT2D eigenvalue weighted by Gasteiger charge is 2.30. The van der Waals surface area contributed by atoms with Crippen LogP contribution < -0.4 is 14.8 Å². The Balaban J connectivity index is 1.62. The lowest BCUT2D eigenvalue weighted by molar-refractivity contribution is -0.116. The number of hydrogen-bond donors (Lipinski definition) is 1. The van der Waals surface area contributed by atoms with Crippen molar-refractivity contribution in [2.75, 3.05) is 19.0 Å². The first-order chi connectivity index (χ1) is 17.9. The molecule has 0 atom stereocenters. The van der Waals surface area contributed by atoms with Gasteiger partial charge in [0.1, 0.15) is 16.4 Å². The molecule has 4 aromatic rings. The molecule has 0 saturated carbocycles. The molecule has 7 nitrogen and oxygen atoms in total. The number of rotatable bonds is 10. The SMILES string of the molecule is COc1ccc(Cl)cc1S(=O)(=O)N(CC(=O)Nc1ccccc1Oc1ccccc1)Cc1ccccc1. The molecule has 37 heavy (non-hydrogen) atoms. The van der Waals surface area contributed by atoms with Crippen LogP contribution in [0.25, 0.3) is 0 Å². The van der Waals surface area contributed by atoms with Crippen molar-refractivity contribution in [2.45, 2.75) is 11.4 Å². The van der Waals surface area contributed by atoms with Gasteiger partial charge < -0.3 is 14.8 Å². The van der Waals surface area contributed by atoms with Crippen LogP contribution in [-0.4, -0.2) is 32.3 Å². The lowest BCUT2D eigenvalue weighted by atomic mass is 10.2. The summed E-state index contributed by atoms with van der Waals surface area (Å²) in [6.07, 6.45) is 0. The summed E-state index contributed by atoms with van der Waals surface area (Å²) in [7, 11) is -2.80. The third-order valence-corrected chi connectivity index (χ3v) is 7.45. The van der Waals surface area contributed by atoms with Gasteiger partial charge >= 0.3 is 0 Å². The average molecular weight is 537 g/mol. The number of hydrogen-bond acceptors (Lipinski definition) is 5. The van der Waals surface area contributed by atoms with Crippen LogP contribution in [0.4, 0.5) is 5.69 Å². The monoisotopic (exact) mass is 536 g/mol. The largest absolute Gasteiger partial charge is 0.495 e. The molecular weight excluding hydrogens is 512 g/mol. The molecule has 0 bridgehead atoms. The molecule has 0 aliphatic rings. The minimum Gasteiger partial charge on any atom is -0.495 e. The van der Waals surface area contributed by atoms with Crippen LogP contribution in [0.1, 0.15) is 5.56 Å². The van der Waals surface area contributed by atoms with E-state index in [9.17, 15) is 13.2 Å². The molecule has 190 valence electrons. The van der Waals surface area contributed by atoms with Gasteiger partial charge in [0, 0.05) is 11.6 Å². The first-order valence-corrected chi connectivity index (χ1v) is 13.2. The molecule has 0 aromatic heterocycles. The quantitative estimate of drug-likeness (QED) is 0.270. The molecule has 0 saturated heterocycles. The molecule has 9 heteroatoms. The second kappa shape index (κ2) is 11.9. The average Bonchev–Trinajstić information content (AvgIpc) is 2.90. The van der Waals surface area contributed by atoms with E-state index in [1.54, 1.807) is 60.7 Å². The number of methoxy groups -OCH3 is 1. The Morgan fingerprint density at radius 3 is 2.22 bits per heavy atom. The zero-order chi connectivity index (χ0) is 26.3. The van der Waals surface area contributed by atoms with E-state index in [0.717, 1.165) is 4.31 Å². The molecule has 1 N–H and O–H groups in total. The van der Waals surface area contributed by atoms with E-state index in [-0.39, 0.29) is 22.2 Å². The predicted molar refractivity (Wildman–Crippen MR) is 144 cm³/mol. The molecule has 1 amide bonds. The minimum atomic E-state index is -4.18. The van der Waals surface area contributed by atoms with Gasteiger partial charge in [0.2, 0.25) is 15.9 Å². The number of nitrogens with one attached hydrogen (secondary N) is 1. The van der Waals surface area contributed by atoms with Crippen molar-refractivity contribution in [2.24, 2.45) is 0 Å². The highest BCUT2D eigenvalue weighted by Crippen LogP contribution is 2.32. The second-order valence-corrected chi connectivity index (χ2v) is 10.4. The number of para-hydroxylation sites is 3. The van der Waals surface area contributed by atoms with Crippen LogP contribution in [0.15, 0.2) is 108 Å². The van der Waals surface area contributed by atoms with Crippen LogP contribution in [-0.2, 0) is 21.4 Å². The summed E-state index contributed by atoms with van der Waals surface area (Å²) in [5.41, 5.74) is 1.13. The summed E-state index contributed by atoms with van der Waals surface area (Å²) in [5.74, 6) is 0.621. The zero-order valence-corrected chi connectivity index (χ0v) is 21.6. The maximum Gasteiger partial charge on any atom is 0.247 e. The molecule has 0 spiro atoms. The van der Waals surface area contributed by atoms with Gasteiger partial charge in [-0.15, -0.1) is 0 Å². The van der Waals surface area contributed by atoms with Gasteiger partial charge in [-0.05, 0) is 48.0 Å². The molecule has 0 unspecified atom stereocenters. The summed E-state index contributed by atoms with van der Waals surface area (Å²) in [4.78, 5) is 13.1. The van der Waals surface area contributed by atoms with E-state index >= 15 is 0 Å². The lowest BCUT2D eigenvalue weighted by Crippen LogP contribution is -2.37. The minimum absolute atomic E-state index is 0.0333. The van der Waals surface area contributed by atoms with Crippen LogP contribution >= 0.6 is 11.6 Å². The smallest absolute Gasteiger partial charge is 0.247 e. The van der Waals surface area contributed by atoms with Gasteiger partial charge in [-0.3, -0.25) is 4.79 Å². The maximum absolute atomic E-state index is 13.7. The van der Waals surface area contributed by atoms with E-state index in [1.165, 1.54) is 25.3 Å². The third-order valence-electron chi connectivity index (χ3n) is 5.40. The fourth-order valence-electron chi connectivity index (χ4n) is 3.63. The number of carbonyl (C=O) groups excluding carboxylic acids is 1. The Morgan fingerprint density at radius 1 is 0.865 bits per heavy atom. The first kappa shape index (κ1) is 26.2. The summed E-state index contributed by atoms with van der Waals surface area (Å²) < 4.78 is 39.8. The first-order valence-electron chi connectivity index (χ1n) is 11.4. The Morgan fingerprint density at radius 2 is 1.51 bits per heavy atom. The third kappa shape index (κ3) is 6.68. The molecule has 0 aliphatic heterocycles. The highest BCUT2D eigenvalue weighted by atomic mass is 35.5. The molecule has 0 aliphatic carbocycles. The summed E-state index contributed by atoms with van der Waals surface area (Å²) >= 11 is 6.11. The summed E-state index contributed by atoms with van der Waals surface area (Å²) in [6, 6.07) is 29.4. The normalized spacial score (nSPS) is 11.2. The number of anilines is 1. The van der Waals surface area contributed by atoms with Crippen molar-refractivity contribution in [1.29, 1.82) is 0 Å². The molecule has 0 fully saturated rings. The van der Waals surface area contributed by atoms with E-state index in [4.69, 9.17) is 21.1 Å². The Hall–Kier alpha value is -3.85. The van der Waals surface area contributed by atoms with Gasteiger partial charge in [0.25, 0.3) is 0 Å². The number of sulfonamides is 1. The Labute approximate surface area is 221 Å². The number of carbonyl (C=O) groups is 1. The maximum atomic E-state index is 13.7. The van der Waals surface area contributed by atoms with Crippen molar-refractivity contribution in [3.8, 4) is 17.2 Å². The summed E-state index contributed by atoms with van der Waals surface area (Å²) in [5, 5.41) is 3.02. The summed E-state index contributed by atoms with van der Waals surface area (Å²) in [6.45, 7) is -0.485. The standard InChI is InChI=1S/C28H25ClN2O5S/c1-35-26-17-16-22(29)18-27(26)37(33,34)31(19-21-10-4-2-5-11-21)20-28(32)30-24-14-8-9-15-25(24)36-23-12-6-3-7-13-23/h2-18H,19-20H2,1H3,(H,30,32). The van der Waals surface area contributed by atoms with Gasteiger partial charge in [0.15, 0.2) is 5.75 Å². The van der Waals surface area contributed by atoms with Crippen LogP contribution in [0.5, 0.6) is 17.2 Å². The molecule has 4 rings (SSSR count). The number of ether oxygens (including phenoxy) is 2. The van der Waals surface area contributed by atoms with E-state index < -0.39 is 22.5 Å².